The summed E-state index contributed by atoms with van der Waals surface area (Å²) in [7, 11) is 0. The van der Waals surface area contributed by atoms with E-state index >= 15 is 0 Å². The molecule has 1 atom stereocenters. The smallest absolute Gasteiger partial charge is 0.252 e. The summed E-state index contributed by atoms with van der Waals surface area (Å²) in [5.74, 6) is 5.80. The minimum atomic E-state index is -0.0597. The number of aliphatic hydroxyl groups excluding tert-OH is 1. The largest absolute Gasteiger partial charge is 0.395 e. The lowest BCUT2D eigenvalue weighted by atomic mass is 10.1. The summed E-state index contributed by atoms with van der Waals surface area (Å²) in [6.07, 6.45) is 0.481. The third-order valence-corrected chi connectivity index (χ3v) is 3.69. The van der Waals surface area contributed by atoms with Crippen molar-refractivity contribution in [3.05, 3.63) is 57.8 Å². The van der Waals surface area contributed by atoms with Gasteiger partial charge in [0, 0.05) is 17.4 Å². The molecule has 0 spiro atoms. The zero-order chi connectivity index (χ0) is 15.1. The Kier molecular flexibility index (Phi) is 5.56. The number of carbonyl (C=O) groups is 1. The van der Waals surface area contributed by atoms with E-state index in [-0.39, 0.29) is 18.6 Å². The van der Waals surface area contributed by atoms with Crippen molar-refractivity contribution in [1.82, 2.24) is 5.32 Å². The molecule has 0 fully saturated rings. The van der Waals surface area contributed by atoms with Crippen LogP contribution >= 0.6 is 11.3 Å². The van der Waals surface area contributed by atoms with Gasteiger partial charge in [-0.15, -0.1) is 0 Å². The number of benzene rings is 1. The van der Waals surface area contributed by atoms with Crippen LogP contribution in [-0.4, -0.2) is 17.6 Å². The van der Waals surface area contributed by atoms with Crippen molar-refractivity contribution in [2.75, 3.05) is 6.61 Å². The molecule has 0 aliphatic heterocycles. The highest BCUT2D eigenvalue weighted by molar-refractivity contribution is 7.08. The van der Waals surface area contributed by atoms with Crippen molar-refractivity contribution in [3.8, 4) is 11.8 Å². The quantitative estimate of drug-likeness (QED) is 0.853. The van der Waals surface area contributed by atoms with Gasteiger partial charge in [0.05, 0.1) is 18.2 Å². The van der Waals surface area contributed by atoms with Crippen molar-refractivity contribution in [1.29, 1.82) is 0 Å². The molecule has 1 heterocycles. The van der Waals surface area contributed by atoms with Gasteiger partial charge in [0.25, 0.3) is 5.91 Å². The van der Waals surface area contributed by atoms with Gasteiger partial charge in [0.1, 0.15) is 0 Å². The van der Waals surface area contributed by atoms with Gasteiger partial charge in [0.2, 0.25) is 0 Å². The molecule has 3 nitrogen and oxygen atoms in total. The summed E-state index contributed by atoms with van der Waals surface area (Å²) in [6.45, 7) is 2.04. The number of hydrogen-bond donors (Lipinski definition) is 2. The first kappa shape index (κ1) is 15.3. The van der Waals surface area contributed by atoms with Crippen LogP contribution in [0.1, 0.15) is 40.9 Å². The second-order valence-electron chi connectivity index (χ2n) is 4.60. The maximum absolute atomic E-state index is 12.0. The summed E-state index contributed by atoms with van der Waals surface area (Å²) in [5, 5.41) is 15.4. The third kappa shape index (κ3) is 4.45. The molecular weight excluding hydrogens is 282 g/mol. The minimum absolute atomic E-state index is 0.0585. The van der Waals surface area contributed by atoms with E-state index in [1.165, 1.54) is 11.3 Å². The fraction of sp³-hybridized carbons (Fsp3) is 0.235. The highest BCUT2D eigenvalue weighted by Gasteiger charge is 2.11. The Hall–Kier alpha value is -2.09. The van der Waals surface area contributed by atoms with E-state index < -0.39 is 0 Å². The number of amides is 1. The summed E-state index contributed by atoms with van der Waals surface area (Å²) in [6, 6.07) is 9.52. The van der Waals surface area contributed by atoms with Crippen LogP contribution in [0.2, 0.25) is 0 Å². The molecule has 108 valence electrons. The molecule has 0 aliphatic carbocycles. The minimum Gasteiger partial charge on any atom is -0.395 e. The highest BCUT2D eigenvalue weighted by Crippen LogP contribution is 2.15. The number of aliphatic hydroxyl groups is 1. The molecule has 0 saturated carbocycles. The molecule has 2 aromatic rings. The lowest BCUT2D eigenvalue weighted by molar-refractivity contribution is 0.0940. The third-order valence-electron chi connectivity index (χ3n) is 3.01. The standard InChI is InChI=1S/C17H17NO2S/c1-13(18-17(20)16-9-11-21-12-16)15-7-5-14(6-8-15)4-2-3-10-19/h5-9,11-13,19H,3,10H2,1H3,(H,18,20). The van der Waals surface area contributed by atoms with Crippen LogP contribution in [0.15, 0.2) is 41.1 Å². The molecular formula is C17H17NO2S. The molecule has 1 aromatic carbocycles. The Morgan fingerprint density at radius 2 is 2.10 bits per heavy atom. The fourth-order valence-corrected chi connectivity index (χ4v) is 2.47. The first-order valence-electron chi connectivity index (χ1n) is 6.73. The molecule has 0 saturated heterocycles. The van der Waals surface area contributed by atoms with Crippen LogP contribution in [0.4, 0.5) is 0 Å². The van der Waals surface area contributed by atoms with E-state index in [4.69, 9.17) is 5.11 Å². The van der Waals surface area contributed by atoms with Gasteiger partial charge < -0.3 is 10.4 Å². The molecule has 1 amide bonds. The van der Waals surface area contributed by atoms with E-state index in [0.717, 1.165) is 11.1 Å². The van der Waals surface area contributed by atoms with Crippen LogP contribution in [-0.2, 0) is 0 Å². The van der Waals surface area contributed by atoms with Gasteiger partial charge in [-0.1, -0.05) is 24.0 Å². The molecule has 0 radical (unpaired) electrons. The average molecular weight is 299 g/mol. The molecule has 2 N–H and O–H groups in total. The Bertz CT molecular complexity index is 636. The van der Waals surface area contributed by atoms with Gasteiger partial charge in [0.15, 0.2) is 0 Å². The maximum atomic E-state index is 12.0. The van der Waals surface area contributed by atoms with Crippen LogP contribution < -0.4 is 5.32 Å². The van der Waals surface area contributed by atoms with Crippen molar-refractivity contribution in [2.24, 2.45) is 0 Å². The van der Waals surface area contributed by atoms with Crippen molar-refractivity contribution < 1.29 is 9.90 Å². The maximum Gasteiger partial charge on any atom is 0.252 e. The predicted molar refractivity (Wildman–Crippen MR) is 85.2 cm³/mol. The molecule has 0 aliphatic rings. The Labute approximate surface area is 128 Å². The fourth-order valence-electron chi connectivity index (χ4n) is 1.83. The Balaban J connectivity index is 1.98. The summed E-state index contributed by atoms with van der Waals surface area (Å²) >= 11 is 1.51. The van der Waals surface area contributed by atoms with Gasteiger partial charge in [-0.25, -0.2) is 0 Å². The summed E-state index contributed by atoms with van der Waals surface area (Å²) in [4.78, 5) is 12.0. The van der Waals surface area contributed by atoms with E-state index in [1.807, 2.05) is 48.0 Å². The Morgan fingerprint density at radius 1 is 1.33 bits per heavy atom. The molecule has 4 heteroatoms. The first-order chi connectivity index (χ1) is 10.2. The van der Waals surface area contributed by atoms with Crippen LogP contribution in [0.3, 0.4) is 0 Å². The van der Waals surface area contributed by atoms with Gasteiger partial charge in [-0.05, 0) is 36.1 Å². The van der Waals surface area contributed by atoms with Gasteiger partial charge >= 0.3 is 0 Å². The van der Waals surface area contributed by atoms with Crippen LogP contribution in [0.5, 0.6) is 0 Å². The first-order valence-corrected chi connectivity index (χ1v) is 7.67. The molecule has 1 unspecified atom stereocenters. The Morgan fingerprint density at radius 3 is 2.71 bits per heavy atom. The second-order valence-corrected chi connectivity index (χ2v) is 5.38. The number of carbonyl (C=O) groups excluding carboxylic acids is 1. The van der Waals surface area contributed by atoms with Crippen molar-refractivity contribution in [3.63, 3.8) is 0 Å². The van der Waals surface area contributed by atoms with Gasteiger partial charge in [-0.2, -0.15) is 11.3 Å². The normalized spacial score (nSPS) is 11.3. The highest BCUT2D eigenvalue weighted by atomic mass is 32.1. The number of thiophene rings is 1. The van der Waals surface area contributed by atoms with Crippen LogP contribution in [0.25, 0.3) is 0 Å². The topological polar surface area (TPSA) is 49.3 Å². The van der Waals surface area contributed by atoms with Crippen molar-refractivity contribution >= 4 is 17.2 Å². The molecule has 2 rings (SSSR count). The van der Waals surface area contributed by atoms with Crippen molar-refractivity contribution in [2.45, 2.75) is 19.4 Å². The number of hydrogen-bond acceptors (Lipinski definition) is 3. The molecule has 1 aromatic heterocycles. The second kappa shape index (κ2) is 7.63. The average Bonchev–Trinajstić information content (AvgIpc) is 3.02. The van der Waals surface area contributed by atoms with E-state index in [0.29, 0.717) is 12.0 Å². The van der Waals surface area contributed by atoms with Crippen LogP contribution in [0, 0.1) is 11.8 Å². The van der Waals surface area contributed by atoms with E-state index in [1.54, 1.807) is 0 Å². The number of nitrogens with one attached hydrogen (secondary N) is 1. The van der Waals surface area contributed by atoms with Gasteiger partial charge in [-0.3, -0.25) is 4.79 Å². The molecule has 21 heavy (non-hydrogen) atoms. The lowest BCUT2D eigenvalue weighted by Crippen LogP contribution is -2.26. The van der Waals surface area contributed by atoms with E-state index in [9.17, 15) is 4.79 Å². The lowest BCUT2D eigenvalue weighted by Gasteiger charge is -2.13. The molecule has 0 bridgehead atoms. The number of rotatable bonds is 4. The van der Waals surface area contributed by atoms with E-state index in [2.05, 4.69) is 17.2 Å². The monoisotopic (exact) mass is 299 g/mol. The zero-order valence-corrected chi connectivity index (χ0v) is 12.6. The SMILES string of the molecule is CC(NC(=O)c1ccsc1)c1ccc(C#CCCO)cc1. The summed E-state index contributed by atoms with van der Waals surface area (Å²) < 4.78 is 0. The zero-order valence-electron chi connectivity index (χ0n) is 11.8. The predicted octanol–water partition coefficient (Wildman–Crippen LogP) is 2.97. The summed E-state index contributed by atoms with van der Waals surface area (Å²) in [5.41, 5.74) is 2.63.